The predicted octanol–water partition coefficient (Wildman–Crippen LogP) is 3.19. The average molecular weight is 182 g/mol. The van der Waals surface area contributed by atoms with E-state index in [1.807, 2.05) is 0 Å². The van der Waals surface area contributed by atoms with Gasteiger partial charge in [0, 0.05) is 5.56 Å². The number of furan rings is 1. The molecule has 0 aromatic carbocycles. The third-order valence-electron chi connectivity index (χ3n) is 2.57. The Hall–Kier alpha value is -0.370. The Balaban J connectivity index is 2.47. The molecule has 66 valence electrons. The van der Waals surface area contributed by atoms with Crippen LogP contribution in [0.25, 0.3) is 0 Å². The van der Waals surface area contributed by atoms with Crippen LogP contribution in [0, 0.1) is 6.92 Å². The summed E-state index contributed by atoms with van der Waals surface area (Å²) in [5.41, 5.74) is 2.98. The summed E-state index contributed by atoms with van der Waals surface area (Å²) in [7, 11) is 0. The van der Waals surface area contributed by atoms with E-state index in [0.717, 1.165) is 10.9 Å². The van der Waals surface area contributed by atoms with Crippen LogP contribution in [-0.4, -0.2) is 6.26 Å². The summed E-state index contributed by atoms with van der Waals surface area (Å²) in [4.78, 5) is 0. The van der Waals surface area contributed by atoms with Gasteiger partial charge in [-0.1, -0.05) is 11.8 Å². The molecule has 0 N–H and O–H groups in total. The van der Waals surface area contributed by atoms with Crippen molar-refractivity contribution in [3.8, 4) is 0 Å². The van der Waals surface area contributed by atoms with Crippen molar-refractivity contribution in [1.82, 2.24) is 0 Å². The molecule has 0 bridgehead atoms. The second-order valence-electron chi connectivity index (χ2n) is 3.31. The van der Waals surface area contributed by atoms with Gasteiger partial charge in [-0.15, -0.1) is 0 Å². The molecule has 0 fully saturated rings. The Bertz CT molecular complexity index is 288. The van der Waals surface area contributed by atoms with E-state index in [1.54, 1.807) is 11.8 Å². The summed E-state index contributed by atoms with van der Waals surface area (Å²) in [5, 5.41) is 1.15. The fraction of sp³-hybridized carbons (Fsp3) is 0.600. The highest BCUT2D eigenvalue weighted by molar-refractivity contribution is 7.98. The molecule has 0 radical (unpaired) electrons. The van der Waals surface area contributed by atoms with Crippen molar-refractivity contribution < 1.29 is 4.42 Å². The predicted molar refractivity (Wildman–Crippen MR) is 51.9 cm³/mol. The lowest BCUT2D eigenvalue weighted by Gasteiger charge is -2.10. The first-order valence-electron chi connectivity index (χ1n) is 4.48. The molecule has 1 nitrogen and oxygen atoms in total. The number of fused-ring (bicyclic) bond motifs is 1. The summed E-state index contributed by atoms with van der Waals surface area (Å²) in [6.07, 6.45) is 7.21. The molecule has 0 aliphatic heterocycles. The van der Waals surface area contributed by atoms with Gasteiger partial charge in [-0.2, -0.15) is 0 Å². The van der Waals surface area contributed by atoms with E-state index in [-0.39, 0.29) is 0 Å². The molecule has 0 spiro atoms. The minimum Gasteiger partial charge on any atom is -0.455 e. The van der Waals surface area contributed by atoms with Crippen molar-refractivity contribution in [2.75, 3.05) is 6.26 Å². The molecule has 1 aliphatic rings. The molecule has 0 unspecified atom stereocenters. The van der Waals surface area contributed by atoms with Crippen molar-refractivity contribution in [2.45, 2.75) is 37.7 Å². The van der Waals surface area contributed by atoms with Crippen molar-refractivity contribution >= 4 is 11.8 Å². The second kappa shape index (κ2) is 3.17. The largest absolute Gasteiger partial charge is 0.455 e. The van der Waals surface area contributed by atoms with Crippen molar-refractivity contribution in [3.63, 3.8) is 0 Å². The zero-order valence-electron chi connectivity index (χ0n) is 7.64. The maximum Gasteiger partial charge on any atom is 0.163 e. The summed E-state index contributed by atoms with van der Waals surface area (Å²) >= 11 is 1.74. The first-order chi connectivity index (χ1) is 5.83. The van der Waals surface area contributed by atoms with E-state index in [1.165, 1.54) is 36.8 Å². The molecule has 1 aromatic heterocycles. The fourth-order valence-electron chi connectivity index (χ4n) is 1.95. The quantitative estimate of drug-likeness (QED) is 0.619. The van der Waals surface area contributed by atoms with Crippen LogP contribution in [0.1, 0.15) is 29.7 Å². The van der Waals surface area contributed by atoms with E-state index in [0.29, 0.717) is 0 Å². The molecular weight excluding hydrogens is 168 g/mol. The van der Waals surface area contributed by atoms with Crippen molar-refractivity contribution in [2.24, 2.45) is 0 Å². The van der Waals surface area contributed by atoms with Gasteiger partial charge in [0.25, 0.3) is 0 Å². The number of thioether (sulfide) groups is 1. The second-order valence-corrected chi connectivity index (χ2v) is 4.09. The number of hydrogen-bond acceptors (Lipinski definition) is 2. The molecule has 0 atom stereocenters. The molecule has 1 heterocycles. The summed E-state index contributed by atoms with van der Waals surface area (Å²) < 4.78 is 5.68. The minimum atomic E-state index is 1.15. The van der Waals surface area contributed by atoms with Gasteiger partial charge in [-0.25, -0.2) is 0 Å². The molecule has 0 saturated heterocycles. The molecular formula is C10H14OS. The topological polar surface area (TPSA) is 13.1 Å². The highest BCUT2D eigenvalue weighted by atomic mass is 32.2. The van der Waals surface area contributed by atoms with Gasteiger partial charge in [-0.05, 0) is 44.4 Å². The van der Waals surface area contributed by atoms with Gasteiger partial charge in [0.15, 0.2) is 5.09 Å². The normalized spacial score (nSPS) is 16.2. The molecule has 1 aliphatic carbocycles. The third-order valence-corrected chi connectivity index (χ3v) is 3.27. The number of hydrogen-bond donors (Lipinski definition) is 0. The van der Waals surface area contributed by atoms with Crippen LogP contribution in [0.3, 0.4) is 0 Å². The van der Waals surface area contributed by atoms with Crippen LogP contribution in [0.4, 0.5) is 0 Å². The van der Waals surface area contributed by atoms with E-state index in [4.69, 9.17) is 4.42 Å². The maximum atomic E-state index is 5.68. The van der Waals surface area contributed by atoms with Crippen LogP contribution in [0.5, 0.6) is 0 Å². The first kappa shape index (κ1) is 8.24. The van der Waals surface area contributed by atoms with E-state index >= 15 is 0 Å². The van der Waals surface area contributed by atoms with Crippen LogP contribution in [-0.2, 0) is 12.8 Å². The highest BCUT2D eigenvalue weighted by Gasteiger charge is 2.19. The van der Waals surface area contributed by atoms with Crippen LogP contribution in [0.2, 0.25) is 0 Å². The summed E-state index contributed by atoms with van der Waals surface area (Å²) in [6, 6.07) is 0. The Kier molecular flexibility index (Phi) is 2.18. The van der Waals surface area contributed by atoms with Gasteiger partial charge in [0.1, 0.15) is 5.76 Å². The lowest BCUT2D eigenvalue weighted by atomic mass is 9.94. The minimum absolute atomic E-state index is 1.15. The highest BCUT2D eigenvalue weighted by Crippen LogP contribution is 2.34. The molecule has 12 heavy (non-hydrogen) atoms. The van der Waals surface area contributed by atoms with E-state index < -0.39 is 0 Å². The smallest absolute Gasteiger partial charge is 0.163 e. The van der Waals surface area contributed by atoms with Gasteiger partial charge in [0.05, 0.1) is 0 Å². The SMILES string of the molecule is CSc1oc(C)c2c1CCCC2. The number of aryl methyl sites for hydroxylation is 1. The molecule has 1 aromatic rings. The third kappa shape index (κ3) is 1.18. The standard InChI is InChI=1S/C10H14OS/c1-7-8-5-3-4-6-9(8)10(11-7)12-2/h3-6H2,1-2H3. The lowest BCUT2D eigenvalue weighted by Crippen LogP contribution is -2.00. The van der Waals surface area contributed by atoms with Crippen molar-refractivity contribution in [1.29, 1.82) is 0 Å². The molecule has 2 rings (SSSR count). The van der Waals surface area contributed by atoms with Gasteiger partial charge >= 0.3 is 0 Å². The van der Waals surface area contributed by atoms with E-state index in [9.17, 15) is 0 Å². The monoisotopic (exact) mass is 182 g/mol. The van der Waals surface area contributed by atoms with E-state index in [2.05, 4.69) is 13.2 Å². The molecule has 0 saturated carbocycles. The van der Waals surface area contributed by atoms with Crippen molar-refractivity contribution in [3.05, 3.63) is 16.9 Å². The Labute approximate surface area is 77.5 Å². The fourth-order valence-corrected chi connectivity index (χ4v) is 2.63. The van der Waals surface area contributed by atoms with Gasteiger partial charge in [0.2, 0.25) is 0 Å². The lowest BCUT2D eigenvalue weighted by molar-refractivity contribution is 0.443. The zero-order chi connectivity index (χ0) is 8.55. The Morgan fingerprint density at radius 3 is 2.50 bits per heavy atom. The van der Waals surface area contributed by atoms with Gasteiger partial charge in [-0.3, -0.25) is 0 Å². The Morgan fingerprint density at radius 1 is 1.17 bits per heavy atom. The first-order valence-corrected chi connectivity index (χ1v) is 5.70. The average Bonchev–Trinajstić information content (AvgIpc) is 2.44. The summed E-state index contributed by atoms with van der Waals surface area (Å²) in [6.45, 7) is 2.09. The van der Waals surface area contributed by atoms with Gasteiger partial charge < -0.3 is 4.42 Å². The van der Waals surface area contributed by atoms with Crippen LogP contribution in [0.15, 0.2) is 9.51 Å². The zero-order valence-corrected chi connectivity index (χ0v) is 8.46. The van der Waals surface area contributed by atoms with Crippen LogP contribution >= 0.6 is 11.8 Å². The summed E-state index contributed by atoms with van der Waals surface area (Å²) in [5.74, 6) is 1.15. The molecule has 2 heteroatoms. The van der Waals surface area contributed by atoms with Crippen LogP contribution < -0.4 is 0 Å². The molecule has 0 amide bonds. The maximum absolute atomic E-state index is 5.68. The Morgan fingerprint density at radius 2 is 1.83 bits per heavy atom. The number of rotatable bonds is 1.